The van der Waals surface area contributed by atoms with Crippen molar-refractivity contribution in [3.63, 3.8) is 0 Å². The lowest BCUT2D eigenvalue weighted by molar-refractivity contribution is -0.765. The number of aliphatic hydroxyl groups excluding tert-OH is 2. The lowest BCUT2D eigenvalue weighted by atomic mass is 10.1. The maximum atomic E-state index is 12.4. The molecule has 0 bridgehead atoms. The Hall–Kier alpha value is -2.54. The molecular weight excluding hydrogens is 459 g/mol. The second kappa shape index (κ2) is 11.5. The summed E-state index contributed by atoms with van der Waals surface area (Å²) in [6.07, 6.45) is -2.13. The minimum absolute atomic E-state index is 0.0264. The molecule has 1 fully saturated rings. The highest BCUT2D eigenvalue weighted by Crippen LogP contribution is 2.29. The van der Waals surface area contributed by atoms with E-state index in [0.717, 1.165) is 5.56 Å². The van der Waals surface area contributed by atoms with Gasteiger partial charge >= 0.3 is 20.2 Å². The first-order valence-electron chi connectivity index (χ1n) is 9.86. The number of hydrogen-bond acceptors (Lipinski definition) is 11. The molecule has 3 rings (SSSR count). The van der Waals surface area contributed by atoms with Gasteiger partial charge < -0.3 is 29.9 Å². The Morgan fingerprint density at radius 2 is 1.88 bits per heavy atom. The molecule has 6 atom stereocenters. The lowest BCUT2D eigenvalue weighted by Crippen LogP contribution is -2.46. The molecule has 2 aromatic rings. The SMILES string of the molecule is N[C@@H](Cc1ccccc1)C(=O)OC(=O)c1ccc[n+]([C@@H]2O[C@H](CO[PH](=O)OO)[C@@H](O)[C@H]2O)c1. The van der Waals surface area contributed by atoms with Gasteiger partial charge in [-0.15, -0.1) is 0 Å². The smallest absolute Gasteiger partial charge is 0.351 e. The van der Waals surface area contributed by atoms with Crippen LogP contribution in [0.15, 0.2) is 54.9 Å². The first-order valence-corrected chi connectivity index (χ1v) is 11.1. The van der Waals surface area contributed by atoms with Gasteiger partial charge in [-0.25, -0.2) is 14.8 Å². The Bertz CT molecular complexity index is 992. The monoisotopic (exact) mass is 483 g/mol. The van der Waals surface area contributed by atoms with Gasteiger partial charge in [-0.3, -0.25) is 4.57 Å². The van der Waals surface area contributed by atoms with E-state index in [-0.39, 0.29) is 12.0 Å². The summed E-state index contributed by atoms with van der Waals surface area (Å²) in [4.78, 5) is 24.7. The summed E-state index contributed by atoms with van der Waals surface area (Å²) >= 11 is 0. The van der Waals surface area contributed by atoms with E-state index in [4.69, 9.17) is 25.0 Å². The Morgan fingerprint density at radius 1 is 1.15 bits per heavy atom. The molecule has 1 unspecified atom stereocenters. The minimum Gasteiger partial charge on any atom is -0.388 e. The number of ether oxygens (including phenoxy) is 2. The third-order valence-electron chi connectivity index (χ3n) is 4.92. The van der Waals surface area contributed by atoms with Gasteiger partial charge in [0.1, 0.15) is 23.8 Å². The van der Waals surface area contributed by atoms with Gasteiger partial charge in [-0.1, -0.05) is 30.3 Å². The van der Waals surface area contributed by atoms with Crippen LogP contribution in [0.4, 0.5) is 0 Å². The second-order valence-electron chi connectivity index (χ2n) is 7.24. The van der Waals surface area contributed by atoms with E-state index in [2.05, 4.69) is 4.67 Å². The average molecular weight is 483 g/mol. The van der Waals surface area contributed by atoms with E-state index in [1.807, 2.05) is 6.07 Å². The maximum Gasteiger partial charge on any atom is 0.351 e. The summed E-state index contributed by atoms with van der Waals surface area (Å²) in [6, 6.07) is 10.8. The zero-order valence-corrected chi connectivity index (χ0v) is 18.2. The van der Waals surface area contributed by atoms with E-state index in [0.29, 0.717) is 0 Å². The summed E-state index contributed by atoms with van der Waals surface area (Å²) in [7, 11) is -3.17. The number of nitrogens with two attached hydrogens (primary N) is 1. The number of carbonyl (C=O) groups excluding carboxylic acids is 2. The van der Waals surface area contributed by atoms with Crippen LogP contribution in [0.2, 0.25) is 0 Å². The van der Waals surface area contributed by atoms with E-state index in [9.17, 15) is 24.4 Å². The molecule has 0 saturated carbocycles. The molecule has 0 spiro atoms. The van der Waals surface area contributed by atoms with Crippen molar-refractivity contribution in [2.45, 2.75) is 37.0 Å². The summed E-state index contributed by atoms with van der Waals surface area (Å²) < 4.78 is 31.0. The van der Waals surface area contributed by atoms with Crippen LogP contribution >= 0.6 is 8.25 Å². The predicted molar refractivity (Wildman–Crippen MR) is 110 cm³/mol. The Kier molecular flexibility index (Phi) is 8.78. The topological polar surface area (TPSA) is 179 Å². The van der Waals surface area contributed by atoms with Crippen molar-refractivity contribution in [1.82, 2.24) is 0 Å². The maximum absolute atomic E-state index is 12.4. The third-order valence-corrected chi connectivity index (χ3v) is 5.47. The van der Waals surface area contributed by atoms with Crippen LogP contribution < -0.4 is 10.3 Å². The fourth-order valence-corrected chi connectivity index (χ4v) is 3.59. The quantitative estimate of drug-likeness (QED) is 0.0922. The van der Waals surface area contributed by atoms with Crippen molar-refractivity contribution in [3.05, 3.63) is 66.0 Å². The molecule has 1 aromatic carbocycles. The first kappa shape index (κ1) is 25.1. The Balaban J connectivity index is 1.63. The van der Waals surface area contributed by atoms with Crippen molar-refractivity contribution in [3.8, 4) is 0 Å². The fraction of sp³-hybridized carbons (Fsp3) is 0.350. The molecule has 1 aliphatic rings. The highest BCUT2D eigenvalue weighted by atomic mass is 31.1. The second-order valence-corrected chi connectivity index (χ2v) is 8.21. The molecule has 0 aliphatic carbocycles. The van der Waals surface area contributed by atoms with E-state index < -0.39 is 57.4 Å². The number of benzene rings is 1. The van der Waals surface area contributed by atoms with Gasteiger partial charge in [0, 0.05) is 6.07 Å². The standard InChI is InChI=1S/C20H23N2O10P/c21-14(9-12-5-2-1-3-6-12)20(26)31-19(25)13-7-4-8-22(10-13)18-17(24)16(23)15(30-18)11-29-33(28)32-27/h1-8,10,14-18,23-24,33H,9,11,21H2/p+1/t14-,15+,16+,17+,18+/m0/s1. The predicted octanol–water partition coefficient (Wildman–Crippen LogP) is -0.257. The van der Waals surface area contributed by atoms with Gasteiger partial charge in [-0.2, -0.15) is 9.24 Å². The molecule has 1 aromatic heterocycles. The highest BCUT2D eigenvalue weighted by Gasteiger charge is 2.48. The third kappa shape index (κ3) is 6.50. The van der Waals surface area contributed by atoms with Crippen LogP contribution in [0.3, 0.4) is 0 Å². The summed E-state index contributed by atoms with van der Waals surface area (Å²) in [5.41, 5.74) is 6.63. The molecule has 178 valence electrons. The van der Waals surface area contributed by atoms with Crippen molar-refractivity contribution in [2.75, 3.05) is 6.61 Å². The normalized spacial score (nSPS) is 24.2. The van der Waals surface area contributed by atoms with Crippen molar-refractivity contribution in [2.24, 2.45) is 5.73 Å². The van der Waals surface area contributed by atoms with Gasteiger partial charge in [-0.05, 0) is 18.1 Å². The molecule has 33 heavy (non-hydrogen) atoms. The minimum atomic E-state index is -3.17. The van der Waals surface area contributed by atoms with Crippen molar-refractivity contribution >= 4 is 20.2 Å². The van der Waals surface area contributed by atoms with Crippen LogP contribution in [0.25, 0.3) is 0 Å². The molecule has 13 heteroatoms. The molecule has 2 heterocycles. The zero-order valence-electron chi connectivity index (χ0n) is 17.2. The van der Waals surface area contributed by atoms with Crippen molar-refractivity contribution in [1.29, 1.82) is 0 Å². The van der Waals surface area contributed by atoms with Gasteiger partial charge in [0.15, 0.2) is 18.5 Å². The van der Waals surface area contributed by atoms with Gasteiger partial charge in [0.05, 0.1) is 6.61 Å². The van der Waals surface area contributed by atoms with Crippen LogP contribution in [0, 0.1) is 0 Å². The summed E-state index contributed by atoms with van der Waals surface area (Å²) in [5.74, 6) is -1.85. The molecule has 0 radical (unpaired) electrons. The molecule has 0 amide bonds. The van der Waals surface area contributed by atoms with Crippen LogP contribution in [0.1, 0.15) is 22.1 Å². The number of carbonyl (C=O) groups is 2. The number of esters is 2. The summed E-state index contributed by atoms with van der Waals surface area (Å²) in [5, 5.41) is 28.7. The number of hydrogen-bond donors (Lipinski definition) is 4. The van der Waals surface area contributed by atoms with Gasteiger partial charge in [0.25, 0.3) is 6.23 Å². The largest absolute Gasteiger partial charge is 0.388 e. The number of nitrogens with zero attached hydrogens (tertiary/aromatic N) is 1. The van der Waals surface area contributed by atoms with Crippen LogP contribution in [-0.2, 0) is 34.5 Å². The van der Waals surface area contributed by atoms with E-state index in [1.165, 1.54) is 29.1 Å². The van der Waals surface area contributed by atoms with Crippen LogP contribution in [-0.4, -0.2) is 58.4 Å². The number of pyridine rings is 1. The Morgan fingerprint density at radius 3 is 2.58 bits per heavy atom. The number of rotatable bonds is 9. The first-order chi connectivity index (χ1) is 15.8. The zero-order chi connectivity index (χ0) is 24.0. The summed E-state index contributed by atoms with van der Waals surface area (Å²) in [6.45, 7) is -0.427. The molecule has 1 aliphatic heterocycles. The molecule has 5 N–H and O–H groups in total. The molecular formula is C20H24N2O10P+. The van der Waals surface area contributed by atoms with Crippen LogP contribution in [0.5, 0.6) is 0 Å². The van der Waals surface area contributed by atoms with E-state index in [1.54, 1.807) is 24.3 Å². The number of aromatic nitrogens is 1. The van der Waals surface area contributed by atoms with E-state index >= 15 is 0 Å². The van der Waals surface area contributed by atoms with Crippen molar-refractivity contribution < 1.29 is 52.9 Å². The lowest BCUT2D eigenvalue weighted by Gasteiger charge is -2.12. The Labute approximate surface area is 189 Å². The average Bonchev–Trinajstić information content (AvgIpc) is 3.11. The molecule has 12 nitrogen and oxygen atoms in total. The molecule has 1 saturated heterocycles. The van der Waals surface area contributed by atoms with Gasteiger partial charge in [0.2, 0.25) is 0 Å². The highest BCUT2D eigenvalue weighted by molar-refractivity contribution is 7.33. The number of aliphatic hydroxyl groups is 2. The fourth-order valence-electron chi connectivity index (χ4n) is 3.24.